The zero-order chi connectivity index (χ0) is 15.0. The highest BCUT2D eigenvalue weighted by Gasteiger charge is 2.04. The topological polar surface area (TPSA) is 73.6 Å². The minimum Gasteiger partial charge on any atom is -0.397 e. The first kappa shape index (κ1) is 16.8. The van der Waals surface area contributed by atoms with Gasteiger partial charge in [-0.2, -0.15) is 0 Å². The van der Waals surface area contributed by atoms with Gasteiger partial charge in [-0.25, -0.2) is 0 Å². The molecule has 0 bridgehead atoms. The highest BCUT2D eigenvalue weighted by molar-refractivity contribution is 6.33. The average molecular weight is 301 g/mol. The van der Waals surface area contributed by atoms with Crippen LogP contribution < -0.4 is 11.1 Å². The lowest BCUT2D eigenvalue weighted by Crippen LogP contribution is -2.16. The van der Waals surface area contributed by atoms with E-state index in [9.17, 15) is 4.79 Å². The van der Waals surface area contributed by atoms with E-state index in [1.54, 1.807) is 18.2 Å². The minimum absolute atomic E-state index is 0.128. The first-order valence-electron chi connectivity index (χ1n) is 6.53. The number of amides is 1. The molecule has 20 heavy (non-hydrogen) atoms. The molecule has 0 aliphatic rings. The van der Waals surface area contributed by atoms with Gasteiger partial charge in [-0.15, -0.1) is 0 Å². The van der Waals surface area contributed by atoms with Crippen LogP contribution in [0.5, 0.6) is 0 Å². The van der Waals surface area contributed by atoms with Gasteiger partial charge in [0, 0.05) is 5.69 Å². The van der Waals surface area contributed by atoms with Crippen LogP contribution in [0.15, 0.2) is 18.2 Å². The summed E-state index contributed by atoms with van der Waals surface area (Å²) >= 11 is 5.80. The van der Waals surface area contributed by atoms with Crippen LogP contribution in [0, 0.1) is 0 Å². The van der Waals surface area contributed by atoms with Gasteiger partial charge in [-0.3, -0.25) is 4.79 Å². The summed E-state index contributed by atoms with van der Waals surface area (Å²) in [5.74, 6) is -0.128. The maximum absolute atomic E-state index is 11.7. The van der Waals surface area contributed by atoms with Crippen LogP contribution in [-0.4, -0.2) is 31.8 Å². The number of anilines is 2. The fourth-order valence-corrected chi connectivity index (χ4v) is 1.57. The van der Waals surface area contributed by atoms with Crippen molar-refractivity contribution in [2.45, 2.75) is 26.4 Å². The van der Waals surface area contributed by atoms with E-state index >= 15 is 0 Å². The van der Waals surface area contributed by atoms with Gasteiger partial charge in [0.1, 0.15) is 0 Å². The van der Waals surface area contributed by atoms with Crippen molar-refractivity contribution < 1.29 is 14.3 Å². The Hall–Kier alpha value is -1.30. The number of halogens is 1. The van der Waals surface area contributed by atoms with Crippen molar-refractivity contribution in [3.63, 3.8) is 0 Å². The molecular weight excluding hydrogens is 280 g/mol. The SMILES string of the molecule is CC(C)OCCOCCC(=O)Nc1ccc(Cl)c(N)c1. The Morgan fingerprint density at radius 2 is 2.10 bits per heavy atom. The van der Waals surface area contributed by atoms with Gasteiger partial charge in [0.2, 0.25) is 5.91 Å². The van der Waals surface area contributed by atoms with Gasteiger partial charge in [-0.1, -0.05) is 11.6 Å². The normalized spacial score (nSPS) is 10.8. The van der Waals surface area contributed by atoms with E-state index < -0.39 is 0 Å². The second-order valence-corrected chi connectivity index (χ2v) is 4.97. The summed E-state index contributed by atoms with van der Waals surface area (Å²) in [6, 6.07) is 4.97. The maximum Gasteiger partial charge on any atom is 0.226 e. The molecule has 0 radical (unpaired) electrons. The summed E-state index contributed by atoms with van der Waals surface area (Å²) in [6.07, 6.45) is 0.474. The van der Waals surface area contributed by atoms with E-state index in [0.29, 0.717) is 36.2 Å². The van der Waals surface area contributed by atoms with Gasteiger partial charge in [0.15, 0.2) is 0 Å². The molecule has 0 spiro atoms. The zero-order valence-corrected chi connectivity index (χ0v) is 12.6. The van der Waals surface area contributed by atoms with Gasteiger partial charge in [-0.05, 0) is 32.0 Å². The minimum atomic E-state index is -0.128. The predicted molar refractivity (Wildman–Crippen MR) is 81.0 cm³/mol. The number of benzene rings is 1. The second kappa shape index (κ2) is 8.79. The molecule has 0 saturated carbocycles. The van der Waals surface area contributed by atoms with Crippen LogP contribution in [0.2, 0.25) is 5.02 Å². The van der Waals surface area contributed by atoms with Gasteiger partial charge in [0.25, 0.3) is 0 Å². The molecule has 1 aromatic carbocycles. The lowest BCUT2D eigenvalue weighted by Gasteiger charge is -2.09. The second-order valence-electron chi connectivity index (χ2n) is 4.57. The summed E-state index contributed by atoms with van der Waals surface area (Å²) in [6.45, 7) is 5.30. The maximum atomic E-state index is 11.7. The number of nitrogens with two attached hydrogens (primary N) is 1. The quantitative estimate of drug-likeness (QED) is 0.572. The molecule has 0 aliphatic heterocycles. The van der Waals surface area contributed by atoms with Crippen molar-refractivity contribution in [1.29, 1.82) is 0 Å². The summed E-state index contributed by atoms with van der Waals surface area (Å²) in [4.78, 5) is 11.7. The third kappa shape index (κ3) is 6.75. The number of hydrogen-bond acceptors (Lipinski definition) is 4. The molecule has 0 aromatic heterocycles. The summed E-state index contributed by atoms with van der Waals surface area (Å²) < 4.78 is 10.6. The number of hydrogen-bond donors (Lipinski definition) is 2. The third-order valence-electron chi connectivity index (χ3n) is 2.43. The van der Waals surface area contributed by atoms with Crippen molar-refractivity contribution in [2.75, 3.05) is 30.9 Å². The number of ether oxygens (including phenoxy) is 2. The molecule has 0 atom stereocenters. The van der Waals surface area contributed by atoms with Crippen LogP contribution in [-0.2, 0) is 14.3 Å². The number of rotatable bonds is 8. The van der Waals surface area contributed by atoms with E-state index in [0.717, 1.165) is 0 Å². The van der Waals surface area contributed by atoms with Crippen LogP contribution in [0.1, 0.15) is 20.3 Å². The Morgan fingerprint density at radius 1 is 1.35 bits per heavy atom. The fourth-order valence-electron chi connectivity index (χ4n) is 1.45. The summed E-state index contributed by atoms with van der Waals surface area (Å²) in [5, 5.41) is 3.20. The number of carbonyl (C=O) groups is 1. The number of carbonyl (C=O) groups excluding carboxylic acids is 1. The molecular formula is C14H21ClN2O3. The van der Waals surface area contributed by atoms with Crippen molar-refractivity contribution in [1.82, 2.24) is 0 Å². The molecule has 5 nitrogen and oxygen atoms in total. The van der Waals surface area contributed by atoms with Crippen molar-refractivity contribution in [2.24, 2.45) is 0 Å². The van der Waals surface area contributed by atoms with E-state index in [-0.39, 0.29) is 18.4 Å². The lowest BCUT2D eigenvalue weighted by molar-refractivity contribution is -0.117. The van der Waals surface area contributed by atoms with Crippen molar-refractivity contribution >= 4 is 28.9 Å². The first-order chi connectivity index (χ1) is 9.49. The van der Waals surface area contributed by atoms with Gasteiger partial charge < -0.3 is 20.5 Å². The molecule has 1 aromatic rings. The third-order valence-corrected chi connectivity index (χ3v) is 2.78. The molecule has 6 heteroatoms. The number of nitrogens with one attached hydrogen (secondary N) is 1. The monoisotopic (exact) mass is 300 g/mol. The Labute approximate surface area is 124 Å². The zero-order valence-electron chi connectivity index (χ0n) is 11.8. The van der Waals surface area contributed by atoms with Crippen LogP contribution in [0.25, 0.3) is 0 Å². The van der Waals surface area contributed by atoms with Crippen LogP contribution in [0.4, 0.5) is 11.4 Å². The summed E-state index contributed by atoms with van der Waals surface area (Å²) in [7, 11) is 0. The van der Waals surface area contributed by atoms with E-state index in [1.807, 2.05) is 13.8 Å². The fraction of sp³-hybridized carbons (Fsp3) is 0.500. The van der Waals surface area contributed by atoms with Crippen molar-refractivity contribution in [3.05, 3.63) is 23.2 Å². The highest BCUT2D eigenvalue weighted by Crippen LogP contribution is 2.22. The number of nitrogen functional groups attached to an aromatic ring is 1. The Balaban J connectivity index is 2.18. The van der Waals surface area contributed by atoms with Crippen LogP contribution >= 0.6 is 11.6 Å². The molecule has 0 fully saturated rings. The molecule has 112 valence electrons. The molecule has 3 N–H and O–H groups in total. The molecule has 0 unspecified atom stereocenters. The largest absolute Gasteiger partial charge is 0.397 e. The van der Waals surface area contributed by atoms with Crippen molar-refractivity contribution in [3.8, 4) is 0 Å². The van der Waals surface area contributed by atoms with Crippen LogP contribution in [0.3, 0.4) is 0 Å². The smallest absolute Gasteiger partial charge is 0.226 e. The first-order valence-corrected chi connectivity index (χ1v) is 6.91. The van der Waals surface area contributed by atoms with Gasteiger partial charge in [0.05, 0.1) is 43.1 Å². The van der Waals surface area contributed by atoms with E-state index in [2.05, 4.69) is 5.32 Å². The molecule has 0 heterocycles. The Bertz CT molecular complexity index is 438. The Morgan fingerprint density at radius 3 is 2.75 bits per heavy atom. The molecule has 0 saturated heterocycles. The predicted octanol–water partition coefficient (Wildman–Crippen LogP) is 2.69. The van der Waals surface area contributed by atoms with E-state index in [1.165, 1.54) is 0 Å². The molecule has 1 rings (SSSR count). The molecule has 1 amide bonds. The summed E-state index contributed by atoms with van der Waals surface area (Å²) in [5.41, 5.74) is 6.72. The Kier molecular flexibility index (Phi) is 7.36. The highest BCUT2D eigenvalue weighted by atomic mass is 35.5. The van der Waals surface area contributed by atoms with E-state index in [4.69, 9.17) is 26.8 Å². The lowest BCUT2D eigenvalue weighted by atomic mass is 10.2. The standard InChI is InChI=1S/C14H21ClN2O3/c1-10(2)20-8-7-19-6-5-14(18)17-11-3-4-12(15)13(16)9-11/h3-4,9-10H,5-8,16H2,1-2H3,(H,17,18). The average Bonchev–Trinajstić information content (AvgIpc) is 2.38. The van der Waals surface area contributed by atoms with Gasteiger partial charge >= 0.3 is 0 Å². The molecule has 0 aliphatic carbocycles.